The Hall–Kier alpha value is -7.52. The lowest BCUT2D eigenvalue weighted by molar-refractivity contribution is 0.669. The van der Waals surface area contributed by atoms with Crippen LogP contribution in [0.15, 0.2) is 211 Å². The normalized spacial score (nSPS) is 12.0. The van der Waals surface area contributed by atoms with Gasteiger partial charge in [0.2, 0.25) is 0 Å². The Morgan fingerprint density at radius 2 is 0.633 bits per heavy atom. The van der Waals surface area contributed by atoms with Crippen LogP contribution in [0.25, 0.3) is 130 Å². The third-order valence-electron chi connectivity index (χ3n) is 12.7. The van der Waals surface area contributed by atoms with Crippen LogP contribution in [0.3, 0.4) is 0 Å². The minimum atomic E-state index is 0.886. The zero-order chi connectivity index (χ0) is 39.3. The maximum absolute atomic E-state index is 6.89. The fourth-order valence-corrected chi connectivity index (χ4v) is 11.5. The summed E-state index contributed by atoms with van der Waals surface area (Å²) in [6, 6.07) is 75.5. The topological polar surface area (TPSA) is 13.1 Å². The van der Waals surface area contributed by atoms with Crippen molar-refractivity contribution in [3.63, 3.8) is 0 Å². The lowest BCUT2D eigenvalue weighted by Crippen LogP contribution is -1.92. The van der Waals surface area contributed by atoms with Crippen molar-refractivity contribution >= 4 is 96.5 Å². The molecule has 1 nitrogen and oxygen atoms in total. The molecular weight excluding hydrogens is 745 g/mol. The van der Waals surface area contributed by atoms with Gasteiger partial charge in [-0.2, -0.15) is 0 Å². The molecule has 0 saturated heterocycles. The zero-order valence-corrected chi connectivity index (χ0v) is 33.3. The smallest absolute Gasteiger partial charge is 0.136 e. The maximum atomic E-state index is 6.89. The van der Waals surface area contributed by atoms with Gasteiger partial charge >= 0.3 is 0 Å². The molecule has 0 aliphatic rings. The van der Waals surface area contributed by atoms with Gasteiger partial charge in [-0.15, -0.1) is 11.3 Å². The summed E-state index contributed by atoms with van der Waals surface area (Å²) in [5.41, 5.74) is 11.6. The van der Waals surface area contributed by atoms with E-state index in [9.17, 15) is 0 Å². The van der Waals surface area contributed by atoms with Crippen LogP contribution >= 0.6 is 11.3 Å². The lowest BCUT2D eigenvalue weighted by atomic mass is 9.83. The summed E-state index contributed by atoms with van der Waals surface area (Å²) >= 11 is 1.89. The minimum Gasteiger partial charge on any atom is -0.456 e. The molecule has 0 amide bonds. The predicted octanol–water partition coefficient (Wildman–Crippen LogP) is 17.2. The number of rotatable bonds is 4. The molecule has 0 atom stereocenters. The first-order valence-electron chi connectivity index (χ1n) is 20.6. The molecule has 13 rings (SSSR count). The van der Waals surface area contributed by atoms with Crippen LogP contribution < -0.4 is 0 Å². The molecule has 0 radical (unpaired) electrons. The second-order valence-electron chi connectivity index (χ2n) is 15.8. The Morgan fingerprint density at radius 1 is 0.267 bits per heavy atom. The third kappa shape index (κ3) is 4.74. The van der Waals surface area contributed by atoms with Crippen molar-refractivity contribution in [3.05, 3.63) is 206 Å². The monoisotopic (exact) mass is 778 g/mol. The van der Waals surface area contributed by atoms with Crippen LogP contribution in [0.1, 0.15) is 0 Å². The Balaban J connectivity index is 1.15. The Kier molecular flexibility index (Phi) is 7.24. The van der Waals surface area contributed by atoms with Gasteiger partial charge in [-0.3, -0.25) is 0 Å². The Morgan fingerprint density at radius 3 is 1.13 bits per heavy atom. The average molecular weight is 779 g/mol. The minimum absolute atomic E-state index is 0.886. The summed E-state index contributed by atoms with van der Waals surface area (Å²) in [6.07, 6.45) is 0. The van der Waals surface area contributed by atoms with Crippen molar-refractivity contribution in [1.82, 2.24) is 0 Å². The van der Waals surface area contributed by atoms with E-state index in [1.807, 2.05) is 11.3 Å². The van der Waals surface area contributed by atoms with Crippen LogP contribution in [0.5, 0.6) is 0 Å². The number of hydrogen-bond donors (Lipinski definition) is 0. The van der Waals surface area contributed by atoms with Gasteiger partial charge in [0.05, 0.1) is 0 Å². The molecule has 2 heteroatoms. The third-order valence-corrected chi connectivity index (χ3v) is 13.9. The van der Waals surface area contributed by atoms with Gasteiger partial charge in [0.1, 0.15) is 11.2 Å². The molecule has 0 unspecified atom stereocenters. The van der Waals surface area contributed by atoms with Crippen molar-refractivity contribution in [3.8, 4) is 44.5 Å². The highest BCUT2D eigenvalue weighted by atomic mass is 32.1. The van der Waals surface area contributed by atoms with Crippen LogP contribution in [0.2, 0.25) is 0 Å². The number of fused-ring (bicyclic) bond motifs is 10. The molecule has 2 heterocycles. The van der Waals surface area contributed by atoms with E-state index in [1.165, 1.54) is 108 Å². The SMILES string of the molecule is c1ccc(-c2c3ccccc3c(-c3cccc4oc5cccc(-c6c7ccccc7c(-c7cccc8c7sc7ccccc78)c7ccccc67)c5c34)c3ccccc23)cc1. The largest absolute Gasteiger partial charge is 0.456 e. The second-order valence-corrected chi connectivity index (χ2v) is 16.8. The van der Waals surface area contributed by atoms with E-state index in [1.54, 1.807) is 0 Å². The van der Waals surface area contributed by atoms with Gasteiger partial charge in [-0.05, 0) is 100 Å². The highest BCUT2D eigenvalue weighted by molar-refractivity contribution is 7.26. The van der Waals surface area contributed by atoms with Gasteiger partial charge in [0, 0.05) is 36.5 Å². The van der Waals surface area contributed by atoms with Crippen molar-refractivity contribution in [2.75, 3.05) is 0 Å². The molecule has 13 aromatic rings. The highest BCUT2D eigenvalue weighted by Gasteiger charge is 2.25. The number of furan rings is 1. The summed E-state index contributed by atoms with van der Waals surface area (Å²) < 4.78 is 9.53. The van der Waals surface area contributed by atoms with Crippen LogP contribution in [-0.4, -0.2) is 0 Å². The summed E-state index contributed by atoms with van der Waals surface area (Å²) in [5, 5.41) is 14.8. The summed E-state index contributed by atoms with van der Waals surface area (Å²) in [5.74, 6) is 0. The van der Waals surface area contributed by atoms with Crippen molar-refractivity contribution in [2.24, 2.45) is 0 Å². The highest BCUT2D eigenvalue weighted by Crippen LogP contribution is 2.52. The van der Waals surface area contributed by atoms with Gasteiger partial charge in [-0.25, -0.2) is 0 Å². The molecule has 0 aliphatic heterocycles. The maximum Gasteiger partial charge on any atom is 0.136 e. The van der Waals surface area contributed by atoms with Crippen molar-refractivity contribution < 1.29 is 4.42 Å². The lowest BCUT2D eigenvalue weighted by Gasteiger charge is -2.19. The van der Waals surface area contributed by atoms with E-state index in [-0.39, 0.29) is 0 Å². The quantitative estimate of drug-likeness (QED) is 0.162. The first kappa shape index (κ1) is 33.5. The van der Waals surface area contributed by atoms with E-state index >= 15 is 0 Å². The van der Waals surface area contributed by atoms with E-state index in [0.29, 0.717) is 0 Å². The zero-order valence-electron chi connectivity index (χ0n) is 32.4. The van der Waals surface area contributed by atoms with E-state index in [2.05, 4.69) is 206 Å². The summed E-state index contributed by atoms with van der Waals surface area (Å²) in [7, 11) is 0. The number of benzene rings is 11. The molecule has 0 fully saturated rings. The molecule has 60 heavy (non-hydrogen) atoms. The van der Waals surface area contributed by atoms with Gasteiger partial charge < -0.3 is 4.42 Å². The Bertz CT molecular complexity index is 3770. The van der Waals surface area contributed by atoms with Crippen LogP contribution in [0, 0.1) is 0 Å². The average Bonchev–Trinajstić information content (AvgIpc) is 3.90. The van der Waals surface area contributed by atoms with Crippen molar-refractivity contribution in [2.45, 2.75) is 0 Å². The van der Waals surface area contributed by atoms with Gasteiger partial charge in [0.15, 0.2) is 0 Å². The van der Waals surface area contributed by atoms with Crippen LogP contribution in [0.4, 0.5) is 0 Å². The second kappa shape index (κ2) is 13.0. The van der Waals surface area contributed by atoms with E-state index < -0.39 is 0 Å². The van der Waals surface area contributed by atoms with Gasteiger partial charge in [-0.1, -0.05) is 188 Å². The van der Waals surface area contributed by atoms with E-state index in [0.717, 1.165) is 21.9 Å². The summed E-state index contributed by atoms with van der Waals surface area (Å²) in [6.45, 7) is 0. The fourth-order valence-electron chi connectivity index (χ4n) is 10.3. The van der Waals surface area contributed by atoms with E-state index in [4.69, 9.17) is 4.42 Å². The Labute approximate surface area is 350 Å². The molecule has 11 aromatic carbocycles. The first-order valence-corrected chi connectivity index (χ1v) is 21.4. The molecule has 2 aromatic heterocycles. The molecule has 0 saturated carbocycles. The fraction of sp³-hybridized carbons (Fsp3) is 0. The molecule has 278 valence electrons. The molecular formula is C58H34OS. The number of hydrogen-bond acceptors (Lipinski definition) is 2. The molecule has 0 N–H and O–H groups in total. The van der Waals surface area contributed by atoms with Crippen molar-refractivity contribution in [1.29, 1.82) is 0 Å². The molecule has 0 bridgehead atoms. The standard InChI is InChI=1S/C58H34OS/c1-2-17-35(18-3-1)52-37-20-4-6-22-39(37)53(40-23-7-5-21-38(40)52)46-29-15-32-49-56(46)57-47(30-16-33-50(57)59-49)54-41-24-8-10-26-43(41)55(44-27-11-9-25-42(44)54)48-31-14-28-45-36-19-12-13-34-51(36)60-58(45)48/h1-34H. The molecule has 0 aliphatic carbocycles. The van der Waals surface area contributed by atoms with Gasteiger partial charge in [0.25, 0.3) is 0 Å². The number of thiophene rings is 1. The van der Waals surface area contributed by atoms with Crippen LogP contribution in [-0.2, 0) is 0 Å². The first-order chi connectivity index (χ1) is 29.8. The summed E-state index contributed by atoms with van der Waals surface area (Å²) in [4.78, 5) is 0. The molecule has 0 spiro atoms. The predicted molar refractivity (Wildman–Crippen MR) is 258 cm³/mol.